The summed E-state index contributed by atoms with van der Waals surface area (Å²) >= 11 is 1.12. The van der Waals surface area contributed by atoms with E-state index in [9.17, 15) is 8.76 Å². The molecule has 0 amide bonds. The largest absolute Gasteiger partial charge is 0.588 e. The highest BCUT2D eigenvalue weighted by atomic mass is 32.3. The van der Waals surface area contributed by atoms with Gasteiger partial charge in [0.05, 0.1) is 6.54 Å². The fraction of sp³-hybridized carbons (Fsp3) is 0.312. The lowest BCUT2D eigenvalue weighted by Crippen LogP contribution is -2.26. The van der Waals surface area contributed by atoms with Crippen molar-refractivity contribution < 1.29 is 13.5 Å². The second-order valence-corrected chi connectivity index (χ2v) is 8.65. The minimum absolute atomic E-state index is 0.133. The summed E-state index contributed by atoms with van der Waals surface area (Å²) < 4.78 is 35.3. The summed E-state index contributed by atoms with van der Waals surface area (Å²) in [5, 5.41) is 7.58. The number of imidazole rings is 1. The van der Waals surface area contributed by atoms with Gasteiger partial charge in [0, 0.05) is 44.2 Å². The highest BCUT2D eigenvalue weighted by Crippen LogP contribution is 2.30. The molecule has 2 aromatic heterocycles. The van der Waals surface area contributed by atoms with E-state index in [-0.39, 0.29) is 10.0 Å². The first kappa shape index (κ1) is 18.0. The van der Waals surface area contributed by atoms with Crippen LogP contribution in [0.3, 0.4) is 0 Å². The van der Waals surface area contributed by atoms with Crippen molar-refractivity contribution >= 4 is 26.9 Å². The predicted octanol–water partition coefficient (Wildman–Crippen LogP) is 1.68. The Labute approximate surface area is 161 Å². The zero-order valence-electron chi connectivity index (χ0n) is 14.6. The van der Waals surface area contributed by atoms with Gasteiger partial charge in [-0.1, -0.05) is 15.5 Å². The van der Waals surface area contributed by atoms with Crippen LogP contribution in [0.4, 0.5) is 5.13 Å². The molecule has 9 nitrogen and oxygen atoms in total. The molecule has 1 unspecified atom stereocenters. The maximum absolute atomic E-state index is 12.5. The van der Waals surface area contributed by atoms with Gasteiger partial charge in [-0.15, -0.1) is 10.2 Å². The van der Waals surface area contributed by atoms with Crippen molar-refractivity contribution in [2.24, 2.45) is 7.05 Å². The second kappa shape index (κ2) is 7.35. The third-order valence-electron chi connectivity index (χ3n) is 4.28. The van der Waals surface area contributed by atoms with E-state index in [1.807, 2.05) is 17.8 Å². The summed E-state index contributed by atoms with van der Waals surface area (Å²) in [6.07, 6.45) is 3.69. The van der Waals surface area contributed by atoms with Gasteiger partial charge in [0.15, 0.2) is 15.3 Å². The number of aromatic nitrogens is 4. The van der Waals surface area contributed by atoms with Gasteiger partial charge in [0.1, 0.15) is 23.7 Å². The lowest BCUT2D eigenvalue weighted by Gasteiger charge is -2.19. The average molecular weight is 406 g/mol. The average Bonchev–Trinajstić information content (AvgIpc) is 3.22. The lowest BCUT2D eigenvalue weighted by atomic mass is 10.2. The van der Waals surface area contributed by atoms with Gasteiger partial charge in [-0.05, 0) is 12.1 Å². The number of hydrogen-bond donors (Lipinski definition) is 1. The van der Waals surface area contributed by atoms with Gasteiger partial charge in [-0.3, -0.25) is 4.90 Å². The Bertz CT molecular complexity index is 974. The molecule has 1 N–H and O–H groups in total. The van der Waals surface area contributed by atoms with Crippen molar-refractivity contribution in [2.45, 2.75) is 18.0 Å². The number of sulfonamides is 1. The molecule has 27 heavy (non-hydrogen) atoms. The molecule has 1 aliphatic rings. The first-order valence-electron chi connectivity index (χ1n) is 8.24. The number of aryl methyl sites for hydroxylation is 1. The van der Waals surface area contributed by atoms with Crippen molar-refractivity contribution in [3.63, 3.8) is 0 Å². The standard InChI is InChI=1S/C16H18N6O3S2/c1-21-5-4-17-15(21)10-22-6-7-25-14-8-13(3-2-12(14)9-22)27(23,24)20-16-19-18-11-26-16/h2-5,8,11H,6-7,9-10H2,1H3,(H-,19,20,23,24). The smallest absolute Gasteiger partial charge is 0.247 e. The molecule has 0 spiro atoms. The zero-order valence-corrected chi connectivity index (χ0v) is 16.2. The molecule has 1 atom stereocenters. The lowest BCUT2D eigenvalue weighted by molar-refractivity contribution is 0.214. The molecule has 1 aromatic carbocycles. The fourth-order valence-corrected chi connectivity index (χ4v) is 4.55. The first-order chi connectivity index (χ1) is 13.0. The summed E-state index contributed by atoms with van der Waals surface area (Å²) in [5.74, 6) is 1.55. The topological polar surface area (TPSA) is 108 Å². The molecule has 0 bridgehead atoms. The number of benzene rings is 1. The van der Waals surface area contributed by atoms with Crippen LogP contribution in [0, 0.1) is 0 Å². The maximum Gasteiger partial charge on any atom is 0.247 e. The van der Waals surface area contributed by atoms with Gasteiger partial charge < -0.3 is 13.9 Å². The van der Waals surface area contributed by atoms with Crippen LogP contribution in [0.15, 0.2) is 41.0 Å². The van der Waals surface area contributed by atoms with Crippen molar-refractivity contribution in [3.8, 4) is 5.75 Å². The minimum Gasteiger partial charge on any atom is -0.588 e. The SMILES string of the molecule is Cn1ccnc1CN1CCOc2cc([S+](=O)([O-])Nc3nncs3)ccc2C1. The van der Waals surface area contributed by atoms with Crippen LogP contribution in [-0.2, 0) is 34.7 Å². The second-order valence-electron chi connectivity index (χ2n) is 6.13. The fourth-order valence-electron chi connectivity index (χ4n) is 2.85. The third-order valence-corrected chi connectivity index (χ3v) is 6.35. The van der Waals surface area contributed by atoms with Crippen LogP contribution >= 0.6 is 11.3 Å². The van der Waals surface area contributed by atoms with Crippen LogP contribution in [0.5, 0.6) is 5.75 Å². The van der Waals surface area contributed by atoms with E-state index in [4.69, 9.17) is 4.74 Å². The van der Waals surface area contributed by atoms with Crippen molar-refractivity contribution in [3.05, 3.63) is 47.5 Å². The Morgan fingerprint density at radius 3 is 3.07 bits per heavy atom. The molecule has 0 aliphatic carbocycles. The summed E-state index contributed by atoms with van der Waals surface area (Å²) in [6.45, 7) is 2.56. The first-order valence-corrected chi connectivity index (χ1v) is 10.6. The molecule has 0 radical (unpaired) electrons. The van der Waals surface area contributed by atoms with E-state index in [1.54, 1.807) is 24.4 Å². The van der Waals surface area contributed by atoms with Crippen molar-refractivity contribution in [1.29, 1.82) is 0 Å². The van der Waals surface area contributed by atoms with E-state index >= 15 is 0 Å². The van der Waals surface area contributed by atoms with Gasteiger partial charge in [0.25, 0.3) is 0 Å². The van der Waals surface area contributed by atoms with Crippen LogP contribution in [0.2, 0.25) is 0 Å². The Morgan fingerprint density at radius 1 is 1.44 bits per heavy atom. The molecular formula is C16H18N6O3S2. The zero-order chi connectivity index (χ0) is 18.9. The Kier molecular flexibility index (Phi) is 4.91. The molecule has 4 rings (SSSR count). The van der Waals surface area contributed by atoms with E-state index in [2.05, 4.69) is 24.8 Å². The number of nitrogens with one attached hydrogen (secondary N) is 1. The number of rotatable bonds is 5. The minimum atomic E-state index is -3.74. The van der Waals surface area contributed by atoms with Crippen LogP contribution < -0.4 is 9.46 Å². The molecule has 3 heterocycles. The third kappa shape index (κ3) is 4.00. The monoisotopic (exact) mass is 406 g/mol. The molecule has 0 fully saturated rings. The van der Waals surface area contributed by atoms with Gasteiger partial charge in [-0.25, -0.2) is 4.98 Å². The summed E-state index contributed by atoms with van der Waals surface area (Å²) in [6, 6.07) is 4.93. The Morgan fingerprint density at radius 2 is 2.33 bits per heavy atom. The molecule has 1 aliphatic heterocycles. The van der Waals surface area contributed by atoms with Gasteiger partial charge in [0.2, 0.25) is 5.13 Å². The number of nitrogens with zero attached hydrogens (tertiary/aromatic N) is 5. The van der Waals surface area contributed by atoms with Crippen molar-refractivity contribution in [2.75, 3.05) is 17.9 Å². The molecule has 0 saturated heterocycles. The number of ether oxygens (including phenoxy) is 1. The summed E-state index contributed by atoms with van der Waals surface area (Å²) in [7, 11) is -1.77. The molecular weight excluding hydrogens is 388 g/mol. The van der Waals surface area contributed by atoms with E-state index in [0.717, 1.165) is 29.3 Å². The van der Waals surface area contributed by atoms with Crippen LogP contribution in [0.1, 0.15) is 11.4 Å². The van der Waals surface area contributed by atoms with Crippen molar-refractivity contribution in [1.82, 2.24) is 24.6 Å². The molecule has 3 aromatic rings. The molecule has 11 heteroatoms. The van der Waals surface area contributed by atoms with Gasteiger partial charge in [-0.2, -0.15) is 4.72 Å². The highest BCUT2D eigenvalue weighted by Gasteiger charge is 2.25. The van der Waals surface area contributed by atoms with E-state index < -0.39 is 10.4 Å². The number of anilines is 1. The summed E-state index contributed by atoms with van der Waals surface area (Å²) in [4.78, 5) is 6.72. The van der Waals surface area contributed by atoms with Crippen LogP contribution in [0.25, 0.3) is 0 Å². The molecule has 142 valence electrons. The highest BCUT2D eigenvalue weighted by molar-refractivity contribution is 7.99. The molecule has 0 saturated carbocycles. The van der Waals surface area contributed by atoms with E-state index in [0.29, 0.717) is 25.4 Å². The number of hydrogen-bond acceptors (Lipinski definition) is 8. The van der Waals surface area contributed by atoms with Gasteiger partial charge >= 0.3 is 0 Å². The summed E-state index contributed by atoms with van der Waals surface area (Å²) in [5.41, 5.74) is 2.41. The van der Waals surface area contributed by atoms with Crippen LogP contribution in [-0.4, -0.2) is 42.4 Å². The predicted molar refractivity (Wildman–Crippen MR) is 99.9 cm³/mol. The van der Waals surface area contributed by atoms with E-state index in [1.165, 1.54) is 5.51 Å². The normalized spacial score (nSPS) is 16.8. The Hall–Kier alpha value is -2.34. The quantitative estimate of drug-likeness (QED) is 0.642. The maximum atomic E-state index is 12.5. The number of fused-ring (bicyclic) bond motifs is 1. The Balaban J connectivity index is 1.53.